The zero-order valence-electron chi connectivity index (χ0n) is 8.14. The van der Waals surface area contributed by atoms with Gasteiger partial charge < -0.3 is 9.47 Å². The molecule has 1 aromatic carbocycles. The molecule has 0 aliphatic carbocycles. The molecule has 0 saturated heterocycles. The first-order valence-corrected chi connectivity index (χ1v) is 4.40. The first-order valence-electron chi connectivity index (χ1n) is 4.40. The molecule has 0 radical (unpaired) electrons. The zero-order valence-corrected chi connectivity index (χ0v) is 8.14. The lowest BCUT2D eigenvalue weighted by Gasteiger charge is -1.96. The van der Waals surface area contributed by atoms with Gasteiger partial charge in [0.2, 0.25) is 5.90 Å². The van der Waals surface area contributed by atoms with Crippen LogP contribution < -0.4 is 0 Å². The van der Waals surface area contributed by atoms with Crippen molar-refractivity contribution in [2.24, 2.45) is 4.99 Å². The van der Waals surface area contributed by atoms with Gasteiger partial charge in [-0.2, -0.15) is 0 Å². The highest BCUT2D eigenvalue weighted by molar-refractivity contribution is 6.10. The Hall–Kier alpha value is -2.10. The number of hydrogen-bond donors (Lipinski definition) is 0. The van der Waals surface area contributed by atoms with Crippen molar-refractivity contribution in [3.63, 3.8) is 0 Å². The summed E-state index contributed by atoms with van der Waals surface area (Å²) < 4.78 is 9.69. The second-order valence-corrected chi connectivity index (χ2v) is 2.91. The van der Waals surface area contributed by atoms with Crippen LogP contribution in [0.4, 0.5) is 0 Å². The standard InChI is InChI=1S/C11H9NO3/c1-14-7-9-11(13)15-10(12-9)8-5-3-2-4-6-8/h2-7H,1H3. The first kappa shape index (κ1) is 9.45. The third-order valence-corrected chi connectivity index (χ3v) is 1.87. The second kappa shape index (κ2) is 3.96. The maximum atomic E-state index is 11.3. The molecule has 0 unspecified atom stereocenters. The molecule has 1 aliphatic heterocycles. The predicted octanol–water partition coefficient (Wildman–Crippen LogP) is 1.48. The third kappa shape index (κ3) is 1.88. The van der Waals surface area contributed by atoms with E-state index in [2.05, 4.69) is 4.99 Å². The number of carbonyl (C=O) groups excluding carboxylic acids is 1. The van der Waals surface area contributed by atoms with Crippen molar-refractivity contribution in [1.29, 1.82) is 0 Å². The number of ether oxygens (including phenoxy) is 2. The van der Waals surface area contributed by atoms with E-state index in [1.54, 1.807) is 0 Å². The molecule has 15 heavy (non-hydrogen) atoms. The van der Waals surface area contributed by atoms with E-state index in [1.807, 2.05) is 30.3 Å². The Balaban J connectivity index is 2.31. The molecule has 0 spiro atoms. The van der Waals surface area contributed by atoms with E-state index in [0.29, 0.717) is 5.90 Å². The van der Waals surface area contributed by atoms with Crippen LogP contribution in [0.2, 0.25) is 0 Å². The SMILES string of the molecule is COC=C1N=C(c2ccccc2)OC1=O. The molecule has 1 aromatic rings. The fourth-order valence-electron chi connectivity index (χ4n) is 1.21. The van der Waals surface area contributed by atoms with Crippen molar-refractivity contribution in [2.75, 3.05) is 7.11 Å². The zero-order chi connectivity index (χ0) is 10.7. The lowest BCUT2D eigenvalue weighted by atomic mass is 10.2. The number of aliphatic imine (C=N–C) groups is 1. The fourth-order valence-corrected chi connectivity index (χ4v) is 1.21. The fraction of sp³-hybridized carbons (Fsp3) is 0.0909. The van der Waals surface area contributed by atoms with Gasteiger partial charge >= 0.3 is 5.97 Å². The summed E-state index contributed by atoms with van der Waals surface area (Å²) in [6.45, 7) is 0. The average Bonchev–Trinajstić information content (AvgIpc) is 2.63. The Kier molecular flexibility index (Phi) is 2.49. The highest BCUT2D eigenvalue weighted by Crippen LogP contribution is 2.15. The molecule has 0 fully saturated rings. The summed E-state index contributed by atoms with van der Waals surface area (Å²) in [7, 11) is 1.45. The first-order chi connectivity index (χ1) is 7.31. The van der Waals surface area contributed by atoms with E-state index < -0.39 is 5.97 Å². The summed E-state index contributed by atoms with van der Waals surface area (Å²) in [6.07, 6.45) is 1.26. The molecule has 0 N–H and O–H groups in total. The van der Waals surface area contributed by atoms with E-state index in [9.17, 15) is 4.79 Å². The summed E-state index contributed by atoms with van der Waals surface area (Å²) in [4.78, 5) is 15.3. The number of carbonyl (C=O) groups is 1. The Morgan fingerprint density at radius 1 is 1.33 bits per heavy atom. The highest BCUT2D eigenvalue weighted by atomic mass is 16.6. The highest BCUT2D eigenvalue weighted by Gasteiger charge is 2.24. The Morgan fingerprint density at radius 2 is 2.07 bits per heavy atom. The summed E-state index contributed by atoms with van der Waals surface area (Å²) in [6, 6.07) is 9.23. The number of esters is 1. The summed E-state index contributed by atoms with van der Waals surface area (Å²) in [5.41, 5.74) is 0.946. The van der Waals surface area contributed by atoms with Crippen LogP contribution in [0.3, 0.4) is 0 Å². The minimum atomic E-state index is -0.490. The van der Waals surface area contributed by atoms with Gasteiger partial charge in [-0.15, -0.1) is 0 Å². The second-order valence-electron chi connectivity index (χ2n) is 2.91. The molecule has 0 amide bonds. The third-order valence-electron chi connectivity index (χ3n) is 1.87. The molecule has 1 heterocycles. The average molecular weight is 203 g/mol. The largest absolute Gasteiger partial charge is 0.502 e. The van der Waals surface area contributed by atoms with Crippen LogP contribution in [0.25, 0.3) is 0 Å². The Bertz CT molecular complexity index is 434. The molecule has 76 valence electrons. The van der Waals surface area contributed by atoms with Crippen molar-refractivity contribution >= 4 is 11.9 Å². The van der Waals surface area contributed by atoms with Gasteiger partial charge in [-0.25, -0.2) is 9.79 Å². The number of cyclic esters (lactones) is 1. The predicted molar refractivity (Wildman–Crippen MR) is 54.2 cm³/mol. The molecule has 2 rings (SSSR count). The quantitative estimate of drug-likeness (QED) is 0.415. The van der Waals surface area contributed by atoms with Gasteiger partial charge in [0.05, 0.1) is 7.11 Å². The van der Waals surface area contributed by atoms with Crippen LogP contribution in [-0.2, 0) is 14.3 Å². The van der Waals surface area contributed by atoms with Crippen LogP contribution in [0.15, 0.2) is 47.3 Å². The minimum Gasteiger partial charge on any atom is -0.502 e. The Labute approximate surface area is 86.8 Å². The number of benzene rings is 1. The lowest BCUT2D eigenvalue weighted by Crippen LogP contribution is -2.05. The molecule has 0 bridgehead atoms. The minimum absolute atomic E-state index is 0.177. The smallest absolute Gasteiger partial charge is 0.367 e. The van der Waals surface area contributed by atoms with Gasteiger partial charge in [0.1, 0.15) is 6.26 Å². The summed E-state index contributed by atoms with van der Waals surface area (Å²) in [5.74, 6) is -0.181. The van der Waals surface area contributed by atoms with Crippen LogP contribution in [-0.4, -0.2) is 19.0 Å². The normalized spacial score (nSPS) is 17.5. The topological polar surface area (TPSA) is 47.9 Å². The van der Waals surface area contributed by atoms with Crippen molar-refractivity contribution in [3.05, 3.63) is 47.9 Å². The van der Waals surface area contributed by atoms with E-state index in [0.717, 1.165) is 5.56 Å². The summed E-state index contributed by atoms with van der Waals surface area (Å²) >= 11 is 0. The number of methoxy groups -OCH3 is 1. The van der Waals surface area contributed by atoms with Crippen LogP contribution >= 0.6 is 0 Å². The molecule has 0 aromatic heterocycles. The number of rotatable bonds is 2. The maximum Gasteiger partial charge on any atom is 0.367 e. The van der Waals surface area contributed by atoms with Crippen molar-refractivity contribution in [1.82, 2.24) is 0 Å². The number of hydrogen-bond acceptors (Lipinski definition) is 4. The van der Waals surface area contributed by atoms with Crippen LogP contribution in [0, 0.1) is 0 Å². The van der Waals surface area contributed by atoms with E-state index in [4.69, 9.17) is 9.47 Å². The number of nitrogens with zero attached hydrogens (tertiary/aromatic N) is 1. The molecule has 1 aliphatic rings. The Morgan fingerprint density at radius 3 is 2.73 bits per heavy atom. The lowest BCUT2D eigenvalue weighted by molar-refractivity contribution is -0.130. The molecular formula is C11H9NO3. The maximum absolute atomic E-state index is 11.3. The van der Waals surface area contributed by atoms with Gasteiger partial charge in [0, 0.05) is 5.56 Å². The molecule has 0 saturated carbocycles. The monoisotopic (exact) mass is 203 g/mol. The van der Waals surface area contributed by atoms with E-state index >= 15 is 0 Å². The van der Waals surface area contributed by atoms with Crippen LogP contribution in [0.1, 0.15) is 5.56 Å². The molecule has 0 atom stereocenters. The van der Waals surface area contributed by atoms with Gasteiger partial charge in [-0.3, -0.25) is 0 Å². The molecular weight excluding hydrogens is 194 g/mol. The van der Waals surface area contributed by atoms with Crippen molar-refractivity contribution in [2.45, 2.75) is 0 Å². The van der Waals surface area contributed by atoms with Crippen molar-refractivity contribution in [3.8, 4) is 0 Å². The van der Waals surface area contributed by atoms with Crippen molar-refractivity contribution < 1.29 is 14.3 Å². The van der Waals surface area contributed by atoms with Gasteiger partial charge in [-0.1, -0.05) is 18.2 Å². The summed E-state index contributed by atoms with van der Waals surface area (Å²) in [5, 5.41) is 0. The molecule has 4 heteroatoms. The van der Waals surface area contributed by atoms with Crippen LogP contribution in [0.5, 0.6) is 0 Å². The van der Waals surface area contributed by atoms with E-state index in [-0.39, 0.29) is 5.70 Å². The van der Waals surface area contributed by atoms with Gasteiger partial charge in [0.25, 0.3) is 0 Å². The molecule has 4 nitrogen and oxygen atoms in total. The van der Waals surface area contributed by atoms with Gasteiger partial charge in [0.15, 0.2) is 5.70 Å². The van der Waals surface area contributed by atoms with Gasteiger partial charge in [-0.05, 0) is 12.1 Å². The van der Waals surface area contributed by atoms with E-state index in [1.165, 1.54) is 13.4 Å².